The van der Waals surface area contributed by atoms with E-state index < -0.39 is 5.97 Å². The summed E-state index contributed by atoms with van der Waals surface area (Å²) in [5.74, 6) is -0.758. The number of thiophene rings is 1. The van der Waals surface area contributed by atoms with Gasteiger partial charge in [-0.25, -0.2) is 0 Å². The number of hydrogen-bond donors (Lipinski definition) is 2. The Morgan fingerprint density at radius 2 is 2.46 bits per heavy atom. The number of rotatable bonds is 3. The summed E-state index contributed by atoms with van der Waals surface area (Å²) < 4.78 is 0.875. The van der Waals surface area contributed by atoms with Gasteiger partial charge in [-0.05, 0) is 22.0 Å². The van der Waals surface area contributed by atoms with Crippen molar-refractivity contribution in [1.82, 2.24) is 0 Å². The monoisotopic (exact) mass is 263 g/mol. The molecule has 0 aliphatic carbocycles. The number of anilines is 1. The first kappa shape index (κ1) is 10.5. The maximum atomic E-state index is 10.4. The first-order valence-electron chi connectivity index (χ1n) is 3.77. The van der Waals surface area contributed by atoms with Gasteiger partial charge in [0.25, 0.3) is 0 Å². The van der Waals surface area contributed by atoms with Gasteiger partial charge in [0, 0.05) is 10.8 Å². The predicted octanol–water partition coefficient (Wildman–Crippen LogP) is 2.67. The summed E-state index contributed by atoms with van der Waals surface area (Å²) in [5, 5.41) is 8.58. The van der Waals surface area contributed by atoms with Crippen LogP contribution in [0.25, 0.3) is 0 Å². The molecule has 1 heterocycles. The number of halogens is 1. The number of carboxylic acid groups (broad SMARTS) is 1. The summed E-state index contributed by atoms with van der Waals surface area (Å²) in [6.07, 6.45) is 0.145. The van der Waals surface area contributed by atoms with Crippen LogP contribution in [0, 0.1) is 0 Å². The molecule has 0 bridgehead atoms. The molecule has 0 aliphatic heterocycles. The summed E-state index contributed by atoms with van der Waals surface area (Å²) in [5.41, 5.74) is 6.30. The van der Waals surface area contributed by atoms with Crippen LogP contribution in [0.15, 0.2) is 9.85 Å². The van der Waals surface area contributed by atoms with Gasteiger partial charge < -0.3 is 10.8 Å². The molecule has 1 unspecified atom stereocenters. The van der Waals surface area contributed by atoms with Crippen LogP contribution in [0.3, 0.4) is 0 Å². The van der Waals surface area contributed by atoms with Crippen molar-refractivity contribution >= 4 is 38.9 Å². The number of nitrogens with two attached hydrogens (primary N) is 1. The highest BCUT2D eigenvalue weighted by atomic mass is 79.9. The molecule has 0 amide bonds. The zero-order valence-corrected chi connectivity index (χ0v) is 9.48. The molecule has 3 nitrogen and oxygen atoms in total. The van der Waals surface area contributed by atoms with Gasteiger partial charge in [0.2, 0.25) is 0 Å². The number of hydrogen-bond acceptors (Lipinski definition) is 3. The molecule has 0 spiro atoms. The SMILES string of the molecule is CC(CC(=O)O)c1cc(N)c(Br)s1. The molecule has 13 heavy (non-hydrogen) atoms. The molecule has 1 aromatic heterocycles. The van der Waals surface area contributed by atoms with Crippen LogP contribution in [-0.4, -0.2) is 11.1 Å². The smallest absolute Gasteiger partial charge is 0.303 e. The minimum absolute atomic E-state index is 0.0242. The third kappa shape index (κ3) is 2.70. The Kier molecular flexibility index (Phi) is 3.33. The fraction of sp³-hybridized carbons (Fsp3) is 0.375. The first-order chi connectivity index (χ1) is 6.00. The second-order valence-corrected chi connectivity index (χ2v) is 5.28. The van der Waals surface area contributed by atoms with Gasteiger partial charge in [-0.3, -0.25) is 4.79 Å². The topological polar surface area (TPSA) is 63.3 Å². The maximum Gasteiger partial charge on any atom is 0.303 e. The first-order valence-corrected chi connectivity index (χ1v) is 5.38. The Labute approximate surface area is 88.7 Å². The Morgan fingerprint density at radius 3 is 2.85 bits per heavy atom. The van der Waals surface area contributed by atoms with E-state index in [1.165, 1.54) is 11.3 Å². The van der Waals surface area contributed by atoms with Crippen LogP contribution in [0.5, 0.6) is 0 Å². The zero-order chi connectivity index (χ0) is 10.0. The molecule has 0 saturated carbocycles. The van der Waals surface area contributed by atoms with E-state index in [-0.39, 0.29) is 12.3 Å². The molecule has 72 valence electrons. The summed E-state index contributed by atoms with van der Waals surface area (Å²) in [7, 11) is 0. The fourth-order valence-electron chi connectivity index (χ4n) is 1.01. The molecule has 3 N–H and O–H groups in total. The van der Waals surface area contributed by atoms with Gasteiger partial charge in [0.1, 0.15) is 0 Å². The molecule has 0 aromatic carbocycles. The van der Waals surface area contributed by atoms with Crippen LogP contribution in [0.4, 0.5) is 5.69 Å². The molecule has 0 fully saturated rings. The largest absolute Gasteiger partial charge is 0.481 e. The lowest BCUT2D eigenvalue weighted by Gasteiger charge is -2.03. The minimum atomic E-state index is -0.782. The number of carboxylic acids is 1. The Hall–Kier alpha value is -0.550. The van der Waals surface area contributed by atoms with E-state index in [2.05, 4.69) is 15.9 Å². The van der Waals surface area contributed by atoms with E-state index >= 15 is 0 Å². The van der Waals surface area contributed by atoms with Crippen molar-refractivity contribution in [2.45, 2.75) is 19.3 Å². The average Bonchev–Trinajstić information content (AvgIpc) is 2.31. The maximum absolute atomic E-state index is 10.4. The second kappa shape index (κ2) is 4.11. The van der Waals surface area contributed by atoms with Crippen molar-refractivity contribution in [1.29, 1.82) is 0 Å². The quantitative estimate of drug-likeness (QED) is 0.882. The van der Waals surface area contributed by atoms with Crippen LogP contribution in [0.2, 0.25) is 0 Å². The highest BCUT2D eigenvalue weighted by molar-refractivity contribution is 9.11. The lowest BCUT2D eigenvalue weighted by atomic mass is 10.1. The normalized spacial score (nSPS) is 12.8. The average molecular weight is 264 g/mol. The standard InChI is InChI=1S/C8H10BrNO2S/c1-4(2-7(11)12)6-3-5(10)8(9)13-6/h3-4H,2,10H2,1H3,(H,11,12). The molecular formula is C8H10BrNO2S. The van der Waals surface area contributed by atoms with E-state index in [0.29, 0.717) is 5.69 Å². The van der Waals surface area contributed by atoms with Gasteiger partial charge in [0.05, 0.1) is 15.9 Å². The molecule has 0 saturated heterocycles. The second-order valence-electron chi connectivity index (χ2n) is 2.88. The van der Waals surface area contributed by atoms with Crippen molar-refractivity contribution < 1.29 is 9.90 Å². The lowest BCUT2D eigenvalue weighted by Crippen LogP contribution is -2.00. The molecule has 1 atom stereocenters. The Bertz CT molecular complexity index is 304. The highest BCUT2D eigenvalue weighted by Crippen LogP contribution is 2.35. The molecule has 0 aliphatic rings. The van der Waals surface area contributed by atoms with Gasteiger partial charge in [0.15, 0.2) is 0 Å². The van der Waals surface area contributed by atoms with Crippen LogP contribution in [0.1, 0.15) is 24.1 Å². The number of aliphatic carboxylic acids is 1. The fourth-order valence-corrected chi connectivity index (χ4v) is 2.54. The van der Waals surface area contributed by atoms with E-state index in [0.717, 1.165) is 8.66 Å². The third-order valence-corrected chi connectivity index (χ3v) is 3.81. The minimum Gasteiger partial charge on any atom is -0.481 e. The van der Waals surface area contributed by atoms with E-state index in [1.807, 2.05) is 13.0 Å². The van der Waals surface area contributed by atoms with Crippen LogP contribution >= 0.6 is 27.3 Å². The summed E-state index contributed by atoms with van der Waals surface area (Å²) in [4.78, 5) is 11.4. The molecule has 0 radical (unpaired) electrons. The molecule has 1 aromatic rings. The van der Waals surface area contributed by atoms with Gasteiger partial charge >= 0.3 is 5.97 Å². The van der Waals surface area contributed by atoms with Crippen LogP contribution < -0.4 is 5.73 Å². The van der Waals surface area contributed by atoms with Crippen molar-refractivity contribution in [3.05, 3.63) is 14.7 Å². The summed E-state index contributed by atoms with van der Waals surface area (Å²) >= 11 is 4.79. The van der Waals surface area contributed by atoms with Crippen molar-refractivity contribution in [2.75, 3.05) is 5.73 Å². The molecule has 5 heteroatoms. The zero-order valence-electron chi connectivity index (χ0n) is 7.08. The Morgan fingerprint density at radius 1 is 1.85 bits per heavy atom. The molecular weight excluding hydrogens is 254 g/mol. The third-order valence-electron chi connectivity index (χ3n) is 1.70. The van der Waals surface area contributed by atoms with Gasteiger partial charge in [-0.2, -0.15) is 0 Å². The summed E-state index contributed by atoms with van der Waals surface area (Å²) in [6.45, 7) is 1.88. The van der Waals surface area contributed by atoms with Gasteiger partial charge in [-0.1, -0.05) is 6.92 Å². The van der Waals surface area contributed by atoms with Gasteiger partial charge in [-0.15, -0.1) is 11.3 Å². The predicted molar refractivity (Wildman–Crippen MR) is 57.1 cm³/mol. The van der Waals surface area contributed by atoms with Crippen LogP contribution in [-0.2, 0) is 4.79 Å². The van der Waals surface area contributed by atoms with E-state index in [4.69, 9.17) is 10.8 Å². The number of carbonyl (C=O) groups is 1. The highest BCUT2D eigenvalue weighted by Gasteiger charge is 2.13. The van der Waals surface area contributed by atoms with E-state index in [9.17, 15) is 4.79 Å². The number of nitrogen functional groups attached to an aromatic ring is 1. The summed E-state index contributed by atoms with van der Waals surface area (Å²) in [6, 6.07) is 1.82. The lowest BCUT2D eigenvalue weighted by molar-refractivity contribution is -0.137. The molecule has 1 rings (SSSR count). The van der Waals surface area contributed by atoms with Crippen molar-refractivity contribution in [3.63, 3.8) is 0 Å². The van der Waals surface area contributed by atoms with Crippen molar-refractivity contribution in [2.24, 2.45) is 0 Å². The van der Waals surface area contributed by atoms with E-state index in [1.54, 1.807) is 0 Å². The van der Waals surface area contributed by atoms with Crippen molar-refractivity contribution in [3.8, 4) is 0 Å². The Balaban J connectivity index is 2.77.